The monoisotopic (exact) mass is 303 g/mol. The molecule has 6 heteroatoms. The molecular weight excluding hydrogens is 288 g/mol. The van der Waals surface area contributed by atoms with Crippen LogP contribution in [0.15, 0.2) is 36.4 Å². The fourth-order valence-corrected chi connectivity index (χ4v) is 2.45. The van der Waals surface area contributed by atoms with Crippen LogP contribution < -0.4 is 10.2 Å². The predicted octanol–water partition coefficient (Wildman–Crippen LogP) is 3.21. The molecule has 0 radical (unpaired) electrons. The maximum atomic E-state index is 13.6. The molecule has 1 aromatic carbocycles. The fourth-order valence-electron chi connectivity index (χ4n) is 2.45. The summed E-state index contributed by atoms with van der Waals surface area (Å²) in [5.74, 6) is -1.29. The van der Waals surface area contributed by atoms with Crippen LogP contribution in [0, 0.1) is 11.6 Å². The van der Waals surface area contributed by atoms with E-state index in [1.807, 2.05) is 6.07 Å². The third kappa shape index (κ3) is 3.05. The number of pyridine rings is 1. The van der Waals surface area contributed by atoms with Crippen molar-refractivity contribution < 1.29 is 13.6 Å². The minimum absolute atomic E-state index is 0.0697. The number of amides is 1. The number of aromatic nitrogens is 1. The van der Waals surface area contributed by atoms with Crippen molar-refractivity contribution in [2.75, 3.05) is 23.3 Å². The second-order valence-corrected chi connectivity index (χ2v) is 5.15. The highest BCUT2D eigenvalue weighted by Gasteiger charge is 2.16. The van der Waals surface area contributed by atoms with Gasteiger partial charge in [-0.25, -0.2) is 13.8 Å². The third-order valence-corrected chi connectivity index (χ3v) is 3.58. The average molecular weight is 303 g/mol. The Morgan fingerprint density at radius 2 is 1.91 bits per heavy atom. The lowest BCUT2D eigenvalue weighted by atomic mass is 10.2. The summed E-state index contributed by atoms with van der Waals surface area (Å²) in [7, 11) is 0. The molecule has 4 nitrogen and oxygen atoms in total. The highest BCUT2D eigenvalue weighted by Crippen LogP contribution is 2.19. The van der Waals surface area contributed by atoms with E-state index < -0.39 is 17.5 Å². The minimum Gasteiger partial charge on any atom is -0.357 e. The molecule has 2 heterocycles. The van der Waals surface area contributed by atoms with Crippen LogP contribution in [0.3, 0.4) is 0 Å². The van der Waals surface area contributed by atoms with Crippen molar-refractivity contribution in [1.82, 2.24) is 4.98 Å². The lowest BCUT2D eigenvalue weighted by molar-refractivity contribution is 0.102. The van der Waals surface area contributed by atoms with Gasteiger partial charge in [0.05, 0.1) is 5.69 Å². The number of benzene rings is 1. The Kier molecular flexibility index (Phi) is 4.00. The number of hydrogen-bond acceptors (Lipinski definition) is 3. The number of rotatable bonds is 3. The number of nitrogens with zero attached hydrogens (tertiary/aromatic N) is 2. The summed E-state index contributed by atoms with van der Waals surface area (Å²) in [6, 6.07) is 8.16. The van der Waals surface area contributed by atoms with Gasteiger partial charge in [-0.3, -0.25) is 4.79 Å². The molecule has 1 aromatic heterocycles. The number of carbonyl (C=O) groups is 1. The summed E-state index contributed by atoms with van der Waals surface area (Å²) in [4.78, 5) is 18.6. The molecule has 1 N–H and O–H groups in total. The van der Waals surface area contributed by atoms with Gasteiger partial charge in [-0.2, -0.15) is 0 Å². The van der Waals surface area contributed by atoms with Crippen LogP contribution in [0.1, 0.15) is 23.3 Å². The maximum absolute atomic E-state index is 13.6. The first kappa shape index (κ1) is 14.4. The van der Waals surface area contributed by atoms with Gasteiger partial charge in [-0.15, -0.1) is 0 Å². The molecule has 0 aliphatic carbocycles. The largest absolute Gasteiger partial charge is 0.357 e. The SMILES string of the molecule is O=C(Nc1ccc(F)cc1F)c1cccc(N2CCCC2)n1. The van der Waals surface area contributed by atoms with Gasteiger partial charge in [-0.1, -0.05) is 6.07 Å². The van der Waals surface area contributed by atoms with Crippen LogP contribution in [0.5, 0.6) is 0 Å². The Balaban J connectivity index is 1.78. The molecule has 114 valence electrons. The molecule has 0 saturated carbocycles. The van der Waals surface area contributed by atoms with Crippen molar-refractivity contribution in [2.45, 2.75) is 12.8 Å². The smallest absolute Gasteiger partial charge is 0.274 e. The molecule has 1 amide bonds. The molecule has 22 heavy (non-hydrogen) atoms. The number of nitrogens with one attached hydrogen (secondary N) is 1. The van der Waals surface area contributed by atoms with E-state index in [4.69, 9.17) is 0 Å². The standard InChI is InChI=1S/C16H15F2N3O/c17-11-6-7-13(12(18)10-11)20-16(22)14-4-3-5-15(19-14)21-8-1-2-9-21/h3-7,10H,1-2,8-9H2,(H,20,22). The second kappa shape index (κ2) is 6.09. The van der Waals surface area contributed by atoms with Gasteiger partial charge in [0.25, 0.3) is 5.91 Å². The van der Waals surface area contributed by atoms with E-state index >= 15 is 0 Å². The van der Waals surface area contributed by atoms with Crippen molar-refractivity contribution >= 4 is 17.4 Å². The van der Waals surface area contributed by atoms with Gasteiger partial charge in [0.2, 0.25) is 0 Å². The Morgan fingerprint density at radius 1 is 1.14 bits per heavy atom. The molecule has 1 saturated heterocycles. The van der Waals surface area contributed by atoms with E-state index in [2.05, 4.69) is 15.2 Å². The Bertz CT molecular complexity index is 700. The molecule has 0 unspecified atom stereocenters. The van der Waals surface area contributed by atoms with Crippen molar-refractivity contribution in [3.05, 3.63) is 53.7 Å². The predicted molar refractivity (Wildman–Crippen MR) is 80.0 cm³/mol. The summed E-state index contributed by atoms with van der Waals surface area (Å²) in [5, 5.41) is 2.41. The Morgan fingerprint density at radius 3 is 2.64 bits per heavy atom. The summed E-state index contributed by atoms with van der Waals surface area (Å²) in [6.07, 6.45) is 2.22. The molecule has 3 rings (SSSR count). The number of anilines is 2. The van der Waals surface area contributed by atoms with Crippen molar-refractivity contribution in [3.63, 3.8) is 0 Å². The number of carbonyl (C=O) groups excluding carboxylic acids is 1. The number of hydrogen-bond donors (Lipinski definition) is 1. The summed E-state index contributed by atoms with van der Waals surface area (Å²) in [5.41, 5.74) is 0.132. The van der Waals surface area contributed by atoms with Crippen LogP contribution in [0.4, 0.5) is 20.3 Å². The van der Waals surface area contributed by atoms with Gasteiger partial charge >= 0.3 is 0 Å². The Labute approximate surface area is 126 Å². The van der Waals surface area contributed by atoms with Crippen LogP contribution >= 0.6 is 0 Å². The summed E-state index contributed by atoms with van der Waals surface area (Å²) >= 11 is 0. The lowest BCUT2D eigenvalue weighted by Gasteiger charge is -2.16. The van der Waals surface area contributed by atoms with Crippen LogP contribution in [-0.2, 0) is 0 Å². The maximum Gasteiger partial charge on any atom is 0.274 e. The van der Waals surface area contributed by atoms with Crippen molar-refractivity contribution in [1.29, 1.82) is 0 Å². The van der Waals surface area contributed by atoms with E-state index in [-0.39, 0.29) is 11.4 Å². The highest BCUT2D eigenvalue weighted by molar-refractivity contribution is 6.03. The molecular formula is C16H15F2N3O. The summed E-state index contributed by atoms with van der Waals surface area (Å²) in [6.45, 7) is 1.84. The van der Waals surface area contributed by atoms with Gasteiger partial charge in [0.1, 0.15) is 23.1 Å². The third-order valence-electron chi connectivity index (χ3n) is 3.58. The minimum atomic E-state index is -0.816. The van der Waals surface area contributed by atoms with Crippen molar-refractivity contribution in [3.8, 4) is 0 Å². The van der Waals surface area contributed by atoms with Crippen LogP contribution in [0.25, 0.3) is 0 Å². The van der Waals surface area contributed by atoms with E-state index in [0.717, 1.165) is 43.9 Å². The normalized spacial score (nSPS) is 14.2. The van der Waals surface area contributed by atoms with Crippen LogP contribution in [0.2, 0.25) is 0 Å². The molecule has 1 fully saturated rings. The van der Waals surface area contributed by atoms with Gasteiger partial charge < -0.3 is 10.2 Å². The first-order chi connectivity index (χ1) is 10.6. The molecule has 0 spiro atoms. The molecule has 1 aliphatic heterocycles. The molecule has 0 atom stereocenters. The summed E-state index contributed by atoms with van der Waals surface area (Å²) < 4.78 is 26.4. The number of halogens is 2. The first-order valence-electron chi connectivity index (χ1n) is 7.12. The van der Waals surface area contributed by atoms with E-state index in [1.54, 1.807) is 12.1 Å². The molecule has 1 aliphatic rings. The first-order valence-corrected chi connectivity index (χ1v) is 7.12. The van der Waals surface area contributed by atoms with E-state index in [0.29, 0.717) is 0 Å². The van der Waals surface area contributed by atoms with Crippen LogP contribution in [-0.4, -0.2) is 24.0 Å². The zero-order chi connectivity index (χ0) is 15.5. The topological polar surface area (TPSA) is 45.2 Å². The fraction of sp³-hybridized carbons (Fsp3) is 0.250. The van der Waals surface area contributed by atoms with Gasteiger partial charge in [0.15, 0.2) is 0 Å². The Hall–Kier alpha value is -2.50. The van der Waals surface area contributed by atoms with Gasteiger partial charge in [0, 0.05) is 19.2 Å². The zero-order valence-corrected chi connectivity index (χ0v) is 11.9. The molecule has 0 bridgehead atoms. The van der Waals surface area contributed by atoms with E-state index in [9.17, 15) is 13.6 Å². The quantitative estimate of drug-likeness (QED) is 0.947. The highest BCUT2D eigenvalue weighted by atomic mass is 19.1. The lowest BCUT2D eigenvalue weighted by Crippen LogP contribution is -2.21. The van der Waals surface area contributed by atoms with E-state index in [1.165, 1.54) is 6.07 Å². The average Bonchev–Trinajstić information content (AvgIpc) is 3.04. The van der Waals surface area contributed by atoms with Gasteiger partial charge in [-0.05, 0) is 37.1 Å². The molecule has 2 aromatic rings. The second-order valence-electron chi connectivity index (χ2n) is 5.15. The van der Waals surface area contributed by atoms with Crippen molar-refractivity contribution in [2.24, 2.45) is 0 Å². The zero-order valence-electron chi connectivity index (χ0n) is 11.9.